The molecule has 0 radical (unpaired) electrons. The Labute approximate surface area is 125 Å². The molecule has 7 heteroatoms. The zero-order valence-electron chi connectivity index (χ0n) is 10.9. The van der Waals surface area contributed by atoms with E-state index >= 15 is 0 Å². The number of ether oxygens (including phenoxy) is 1. The molecule has 0 saturated carbocycles. The summed E-state index contributed by atoms with van der Waals surface area (Å²) in [6.45, 7) is 3.82. The number of rotatable bonds is 3. The fourth-order valence-corrected chi connectivity index (χ4v) is 1.85. The van der Waals surface area contributed by atoms with E-state index in [-0.39, 0.29) is 17.4 Å². The molecule has 3 N–H and O–H groups in total. The van der Waals surface area contributed by atoms with E-state index in [1.807, 2.05) is 13.8 Å². The molecule has 1 heterocycles. The van der Waals surface area contributed by atoms with Gasteiger partial charge in [-0.1, -0.05) is 37.0 Å². The number of aromatic amines is 1. The molecule has 106 valence electrons. The van der Waals surface area contributed by atoms with Crippen LogP contribution in [0.15, 0.2) is 23.0 Å². The maximum absolute atomic E-state index is 11.6. The monoisotopic (exact) mass is 313 g/mol. The van der Waals surface area contributed by atoms with Gasteiger partial charge in [-0.15, -0.1) is 0 Å². The van der Waals surface area contributed by atoms with Gasteiger partial charge in [0.15, 0.2) is 5.75 Å². The van der Waals surface area contributed by atoms with E-state index in [0.717, 1.165) is 0 Å². The Hall–Kier alpha value is -1.72. The highest BCUT2D eigenvalue weighted by Crippen LogP contribution is 2.34. The fraction of sp³-hybridized carbons (Fsp3) is 0.231. The number of nitrogens with one attached hydrogen (secondary N) is 1. The van der Waals surface area contributed by atoms with Crippen LogP contribution in [0.5, 0.6) is 11.6 Å². The Balaban J connectivity index is 2.40. The molecular formula is C13H13Cl2N3O2. The molecule has 0 unspecified atom stereocenters. The van der Waals surface area contributed by atoms with Gasteiger partial charge < -0.3 is 15.5 Å². The van der Waals surface area contributed by atoms with Crippen molar-refractivity contribution in [1.29, 1.82) is 0 Å². The molecule has 0 saturated heterocycles. The van der Waals surface area contributed by atoms with Gasteiger partial charge in [-0.3, -0.25) is 4.79 Å². The summed E-state index contributed by atoms with van der Waals surface area (Å²) in [4.78, 5) is 18.4. The Bertz CT molecular complexity index is 699. The van der Waals surface area contributed by atoms with Crippen LogP contribution in [0.2, 0.25) is 10.0 Å². The quantitative estimate of drug-likeness (QED) is 0.849. The van der Waals surface area contributed by atoms with Crippen LogP contribution >= 0.6 is 23.2 Å². The number of anilines is 1. The number of nitrogen functional groups attached to an aromatic ring is 1. The van der Waals surface area contributed by atoms with Crippen molar-refractivity contribution in [3.8, 4) is 11.6 Å². The van der Waals surface area contributed by atoms with Crippen molar-refractivity contribution in [1.82, 2.24) is 9.97 Å². The predicted octanol–water partition coefficient (Wildman–Crippen LogP) is 3.57. The van der Waals surface area contributed by atoms with Crippen LogP contribution in [-0.4, -0.2) is 9.97 Å². The third-order valence-electron chi connectivity index (χ3n) is 2.55. The van der Waals surface area contributed by atoms with E-state index in [4.69, 9.17) is 33.7 Å². The number of halogens is 2. The van der Waals surface area contributed by atoms with Crippen molar-refractivity contribution in [2.24, 2.45) is 0 Å². The first-order valence-corrected chi connectivity index (χ1v) is 6.66. The number of benzene rings is 1. The number of aromatic nitrogens is 2. The molecule has 2 rings (SSSR count). The van der Waals surface area contributed by atoms with E-state index in [2.05, 4.69) is 9.97 Å². The Morgan fingerprint density at radius 1 is 1.25 bits per heavy atom. The third kappa shape index (κ3) is 3.23. The summed E-state index contributed by atoms with van der Waals surface area (Å²) in [6, 6.07) is 4.21. The van der Waals surface area contributed by atoms with Gasteiger partial charge in [0.2, 0.25) is 5.88 Å². The molecule has 0 fully saturated rings. The molecule has 0 bridgehead atoms. The van der Waals surface area contributed by atoms with Crippen LogP contribution in [0.4, 0.5) is 5.69 Å². The second-order valence-corrected chi connectivity index (χ2v) is 5.34. The van der Waals surface area contributed by atoms with Gasteiger partial charge >= 0.3 is 0 Å². The van der Waals surface area contributed by atoms with Crippen LogP contribution in [0.25, 0.3) is 0 Å². The van der Waals surface area contributed by atoms with Gasteiger partial charge in [0.05, 0.1) is 21.8 Å². The van der Waals surface area contributed by atoms with E-state index in [9.17, 15) is 4.79 Å². The molecule has 20 heavy (non-hydrogen) atoms. The fourth-order valence-electron chi connectivity index (χ4n) is 1.52. The number of nitrogens with two attached hydrogens (primary N) is 1. The van der Waals surface area contributed by atoms with Crippen molar-refractivity contribution in [3.05, 3.63) is 44.4 Å². The average Bonchev–Trinajstić information content (AvgIpc) is 2.35. The lowest BCUT2D eigenvalue weighted by molar-refractivity contribution is 0.458. The highest BCUT2D eigenvalue weighted by Gasteiger charge is 2.10. The summed E-state index contributed by atoms with van der Waals surface area (Å²) in [5.41, 5.74) is 5.81. The van der Waals surface area contributed by atoms with Gasteiger partial charge in [-0.05, 0) is 6.07 Å². The second-order valence-electron chi connectivity index (χ2n) is 4.53. The smallest absolute Gasteiger partial charge is 0.254 e. The van der Waals surface area contributed by atoms with Crippen molar-refractivity contribution >= 4 is 28.9 Å². The van der Waals surface area contributed by atoms with Crippen LogP contribution in [0, 0.1) is 0 Å². The standard InChI is InChI=1S/C13H13Cl2N3O2/c1-6(2)13-17-11(19)5-12(18-13)20-10-4-8(15)7(14)3-9(10)16/h3-6H,16H2,1-2H3,(H,17,18,19). The average molecular weight is 314 g/mol. The normalized spacial score (nSPS) is 10.8. The Kier molecular flexibility index (Phi) is 4.20. The molecule has 0 spiro atoms. The predicted molar refractivity (Wildman–Crippen MR) is 79.9 cm³/mol. The Morgan fingerprint density at radius 2 is 1.90 bits per heavy atom. The molecule has 0 aliphatic carbocycles. The molecule has 1 aromatic carbocycles. The lowest BCUT2D eigenvalue weighted by Gasteiger charge is -2.10. The molecule has 0 atom stereocenters. The molecule has 0 amide bonds. The summed E-state index contributed by atoms with van der Waals surface area (Å²) >= 11 is 11.8. The van der Waals surface area contributed by atoms with Crippen molar-refractivity contribution in [3.63, 3.8) is 0 Å². The lowest BCUT2D eigenvalue weighted by Crippen LogP contribution is -2.12. The van der Waals surface area contributed by atoms with Gasteiger partial charge in [-0.25, -0.2) is 0 Å². The number of hydrogen-bond donors (Lipinski definition) is 2. The summed E-state index contributed by atoms with van der Waals surface area (Å²) in [5.74, 6) is 1.05. The zero-order chi connectivity index (χ0) is 14.9. The highest BCUT2D eigenvalue weighted by molar-refractivity contribution is 6.42. The van der Waals surface area contributed by atoms with Crippen LogP contribution in [0.3, 0.4) is 0 Å². The number of hydrogen-bond acceptors (Lipinski definition) is 4. The van der Waals surface area contributed by atoms with E-state index in [0.29, 0.717) is 27.3 Å². The zero-order valence-corrected chi connectivity index (χ0v) is 12.4. The van der Waals surface area contributed by atoms with Gasteiger partial charge in [-0.2, -0.15) is 4.98 Å². The minimum absolute atomic E-state index is 0.0670. The van der Waals surface area contributed by atoms with Crippen LogP contribution < -0.4 is 16.0 Å². The largest absolute Gasteiger partial charge is 0.437 e. The lowest BCUT2D eigenvalue weighted by atomic mass is 10.2. The summed E-state index contributed by atoms with van der Waals surface area (Å²) in [5, 5.41) is 0.642. The third-order valence-corrected chi connectivity index (χ3v) is 3.27. The number of nitrogens with zero attached hydrogens (tertiary/aromatic N) is 1. The topological polar surface area (TPSA) is 81.0 Å². The van der Waals surface area contributed by atoms with Gasteiger partial charge in [0.1, 0.15) is 5.82 Å². The van der Waals surface area contributed by atoms with Crippen LogP contribution in [-0.2, 0) is 0 Å². The molecule has 1 aromatic heterocycles. The van der Waals surface area contributed by atoms with Gasteiger partial charge in [0, 0.05) is 12.0 Å². The highest BCUT2D eigenvalue weighted by atomic mass is 35.5. The Morgan fingerprint density at radius 3 is 2.55 bits per heavy atom. The maximum atomic E-state index is 11.6. The van der Waals surface area contributed by atoms with E-state index in [1.54, 1.807) is 0 Å². The first-order chi connectivity index (χ1) is 9.36. The second kappa shape index (κ2) is 5.73. The minimum Gasteiger partial charge on any atom is -0.437 e. The SMILES string of the molecule is CC(C)c1nc(Oc2cc(Cl)c(Cl)cc2N)cc(=O)[nH]1. The minimum atomic E-state index is -0.294. The maximum Gasteiger partial charge on any atom is 0.254 e. The van der Waals surface area contributed by atoms with Crippen LogP contribution in [0.1, 0.15) is 25.6 Å². The molecule has 0 aliphatic rings. The summed E-state index contributed by atoms with van der Waals surface area (Å²) in [6.07, 6.45) is 0. The summed E-state index contributed by atoms with van der Waals surface area (Å²) < 4.78 is 5.52. The summed E-state index contributed by atoms with van der Waals surface area (Å²) in [7, 11) is 0. The van der Waals surface area contributed by atoms with Gasteiger partial charge in [0.25, 0.3) is 5.56 Å². The first-order valence-electron chi connectivity index (χ1n) is 5.90. The molecular weight excluding hydrogens is 301 g/mol. The molecule has 2 aromatic rings. The van der Waals surface area contributed by atoms with E-state index in [1.165, 1.54) is 18.2 Å². The first kappa shape index (κ1) is 14.7. The van der Waals surface area contributed by atoms with Crippen molar-refractivity contribution in [2.45, 2.75) is 19.8 Å². The van der Waals surface area contributed by atoms with Crippen molar-refractivity contribution < 1.29 is 4.74 Å². The van der Waals surface area contributed by atoms with E-state index < -0.39 is 0 Å². The number of H-pyrrole nitrogens is 1. The molecule has 5 nitrogen and oxygen atoms in total. The van der Waals surface area contributed by atoms with Crippen molar-refractivity contribution in [2.75, 3.05) is 5.73 Å². The molecule has 0 aliphatic heterocycles.